The molecule has 0 spiro atoms. The van der Waals surface area contributed by atoms with Gasteiger partial charge >= 0.3 is 0 Å². The SMILES string of the molecule is CN=C(NCCc1cccc(C(=O)N(C)C)c1)NCc1ccc(F)c(COC)c1.I. The first kappa shape index (κ1) is 25.8. The van der Waals surface area contributed by atoms with Crippen molar-refractivity contribution in [3.05, 3.63) is 70.5 Å². The molecule has 2 aromatic carbocycles. The molecular weight excluding hydrogens is 498 g/mol. The summed E-state index contributed by atoms with van der Waals surface area (Å²) in [5.41, 5.74) is 3.22. The first-order valence-corrected chi connectivity index (χ1v) is 9.46. The molecule has 1 amide bonds. The maximum absolute atomic E-state index is 13.7. The van der Waals surface area contributed by atoms with Crippen LogP contribution < -0.4 is 10.6 Å². The molecule has 0 atom stereocenters. The van der Waals surface area contributed by atoms with E-state index < -0.39 is 0 Å². The smallest absolute Gasteiger partial charge is 0.253 e. The highest BCUT2D eigenvalue weighted by atomic mass is 127. The van der Waals surface area contributed by atoms with E-state index in [0.717, 1.165) is 17.5 Å². The number of amides is 1. The molecule has 0 unspecified atom stereocenters. The number of carbonyl (C=O) groups excluding carboxylic acids is 1. The van der Waals surface area contributed by atoms with Crippen LogP contribution in [-0.2, 0) is 24.3 Å². The van der Waals surface area contributed by atoms with Crippen LogP contribution in [-0.4, -0.2) is 51.6 Å². The highest BCUT2D eigenvalue weighted by Gasteiger charge is 2.08. The Hall–Kier alpha value is -2.20. The molecule has 0 radical (unpaired) electrons. The standard InChI is InChI=1S/C22H29FN4O2.HI/c1-24-22(26-14-17-8-9-20(23)19(13-17)15-29-4)25-11-10-16-6-5-7-18(12-16)21(28)27(2)3;/h5-9,12-13H,10-11,14-15H2,1-4H3,(H2,24,25,26);1H. The Bertz CT molecular complexity index is 859. The Labute approximate surface area is 194 Å². The van der Waals surface area contributed by atoms with Gasteiger partial charge in [0.2, 0.25) is 0 Å². The Morgan fingerprint density at radius 2 is 1.90 bits per heavy atom. The van der Waals surface area contributed by atoms with Crippen molar-refractivity contribution in [3.8, 4) is 0 Å². The van der Waals surface area contributed by atoms with Crippen LogP contribution in [0.25, 0.3) is 0 Å². The van der Waals surface area contributed by atoms with Crippen molar-refractivity contribution >= 4 is 35.8 Å². The Kier molecular flexibility index (Phi) is 11.3. The molecule has 0 saturated heterocycles. The molecule has 0 aromatic heterocycles. The van der Waals surface area contributed by atoms with Crippen LogP contribution >= 0.6 is 24.0 Å². The summed E-state index contributed by atoms with van der Waals surface area (Å²) in [5, 5.41) is 6.48. The van der Waals surface area contributed by atoms with Crippen molar-refractivity contribution in [1.29, 1.82) is 0 Å². The Morgan fingerprint density at radius 3 is 2.57 bits per heavy atom. The highest BCUT2D eigenvalue weighted by Crippen LogP contribution is 2.12. The quantitative estimate of drug-likeness (QED) is 0.314. The molecule has 30 heavy (non-hydrogen) atoms. The summed E-state index contributed by atoms with van der Waals surface area (Å²) in [6, 6.07) is 12.6. The number of carbonyl (C=O) groups is 1. The molecule has 164 valence electrons. The predicted molar refractivity (Wildman–Crippen MR) is 129 cm³/mol. The van der Waals surface area contributed by atoms with Gasteiger partial charge < -0.3 is 20.3 Å². The van der Waals surface area contributed by atoms with Crippen molar-refractivity contribution in [2.24, 2.45) is 4.99 Å². The molecule has 0 aliphatic carbocycles. The number of benzene rings is 2. The summed E-state index contributed by atoms with van der Waals surface area (Å²) >= 11 is 0. The molecule has 0 fully saturated rings. The lowest BCUT2D eigenvalue weighted by atomic mass is 10.1. The van der Waals surface area contributed by atoms with E-state index in [1.807, 2.05) is 24.3 Å². The fourth-order valence-electron chi connectivity index (χ4n) is 2.85. The van der Waals surface area contributed by atoms with E-state index in [4.69, 9.17) is 4.74 Å². The van der Waals surface area contributed by atoms with E-state index in [2.05, 4.69) is 15.6 Å². The van der Waals surface area contributed by atoms with E-state index in [-0.39, 0.29) is 42.3 Å². The van der Waals surface area contributed by atoms with Crippen LogP contribution in [0.3, 0.4) is 0 Å². The number of nitrogens with zero attached hydrogens (tertiary/aromatic N) is 2. The van der Waals surface area contributed by atoms with Gasteiger partial charge in [0.25, 0.3) is 5.91 Å². The Morgan fingerprint density at radius 1 is 1.13 bits per heavy atom. The van der Waals surface area contributed by atoms with E-state index in [1.165, 1.54) is 6.07 Å². The van der Waals surface area contributed by atoms with Crippen LogP contribution in [0.4, 0.5) is 4.39 Å². The van der Waals surface area contributed by atoms with Crippen molar-refractivity contribution in [1.82, 2.24) is 15.5 Å². The number of aliphatic imine (C=N–C) groups is 1. The summed E-state index contributed by atoms with van der Waals surface area (Å²) in [6.07, 6.45) is 0.754. The van der Waals surface area contributed by atoms with Gasteiger partial charge in [-0.05, 0) is 41.8 Å². The molecule has 0 saturated carbocycles. The maximum atomic E-state index is 13.7. The van der Waals surface area contributed by atoms with Crippen LogP contribution in [0.1, 0.15) is 27.0 Å². The average molecular weight is 528 g/mol. The minimum absolute atomic E-state index is 0. The zero-order chi connectivity index (χ0) is 21.2. The molecule has 2 rings (SSSR count). The first-order chi connectivity index (χ1) is 13.9. The Balaban J connectivity index is 0.00000450. The molecule has 0 bridgehead atoms. The molecule has 0 heterocycles. The van der Waals surface area contributed by atoms with E-state index in [0.29, 0.717) is 30.2 Å². The number of halogens is 2. The van der Waals surface area contributed by atoms with Gasteiger partial charge in [-0.2, -0.15) is 0 Å². The van der Waals surface area contributed by atoms with Gasteiger partial charge in [-0.3, -0.25) is 9.79 Å². The van der Waals surface area contributed by atoms with E-state index in [9.17, 15) is 9.18 Å². The molecule has 8 heteroatoms. The van der Waals surface area contributed by atoms with Gasteiger partial charge in [-0.25, -0.2) is 4.39 Å². The number of nitrogens with one attached hydrogen (secondary N) is 2. The van der Waals surface area contributed by atoms with Crippen LogP contribution in [0, 0.1) is 5.82 Å². The lowest BCUT2D eigenvalue weighted by molar-refractivity contribution is 0.0827. The average Bonchev–Trinajstić information content (AvgIpc) is 2.72. The number of rotatable bonds is 8. The number of guanidine groups is 1. The van der Waals surface area contributed by atoms with Crippen LogP contribution in [0.5, 0.6) is 0 Å². The normalized spacial score (nSPS) is 10.9. The molecule has 2 aromatic rings. The highest BCUT2D eigenvalue weighted by molar-refractivity contribution is 14.0. The van der Waals surface area contributed by atoms with Gasteiger partial charge in [0.1, 0.15) is 5.82 Å². The third-order valence-corrected chi connectivity index (χ3v) is 4.38. The van der Waals surface area contributed by atoms with Gasteiger partial charge in [0, 0.05) is 52.5 Å². The molecular formula is C22H30FIN4O2. The lowest BCUT2D eigenvalue weighted by Crippen LogP contribution is -2.37. The first-order valence-electron chi connectivity index (χ1n) is 9.46. The second kappa shape index (κ2) is 13.2. The molecule has 0 aliphatic heterocycles. The number of ether oxygens (including phenoxy) is 1. The molecule has 6 nitrogen and oxygen atoms in total. The minimum atomic E-state index is -0.270. The topological polar surface area (TPSA) is 66.0 Å². The lowest BCUT2D eigenvalue weighted by Gasteiger charge is -2.14. The van der Waals surface area contributed by atoms with Crippen molar-refractivity contribution < 1.29 is 13.9 Å². The monoisotopic (exact) mass is 528 g/mol. The number of hydrogen-bond donors (Lipinski definition) is 2. The zero-order valence-corrected chi connectivity index (χ0v) is 20.2. The predicted octanol–water partition coefficient (Wildman–Crippen LogP) is 3.20. The summed E-state index contributed by atoms with van der Waals surface area (Å²) in [7, 11) is 6.73. The summed E-state index contributed by atoms with van der Waals surface area (Å²) in [6.45, 7) is 1.42. The van der Waals surface area contributed by atoms with E-state index >= 15 is 0 Å². The molecule has 2 N–H and O–H groups in total. The van der Waals surface area contributed by atoms with Crippen LogP contribution in [0.15, 0.2) is 47.5 Å². The fraction of sp³-hybridized carbons (Fsp3) is 0.364. The maximum Gasteiger partial charge on any atom is 0.253 e. The van der Waals surface area contributed by atoms with Gasteiger partial charge in [0.15, 0.2) is 5.96 Å². The van der Waals surface area contributed by atoms with Gasteiger partial charge in [-0.15, -0.1) is 24.0 Å². The third kappa shape index (κ3) is 7.91. The molecule has 0 aliphatic rings. The number of methoxy groups -OCH3 is 1. The van der Waals surface area contributed by atoms with Crippen molar-refractivity contribution in [2.45, 2.75) is 19.6 Å². The summed E-state index contributed by atoms with van der Waals surface area (Å²) < 4.78 is 18.7. The second-order valence-corrected chi connectivity index (χ2v) is 6.86. The van der Waals surface area contributed by atoms with Gasteiger partial charge in [-0.1, -0.05) is 18.2 Å². The van der Waals surface area contributed by atoms with E-state index in [1.54, 1.807) is 45.3 Å². The van der Waals surface area contributed by atoms with Crippen molar-refractivity contribution in [2.75, 3.05) is 34.8 Å². The third-order valence-electron chi connectivity index (χ3n) is 4.38. The second-order valence-electron chi connectivity index (χ2n) is 6.86. The summed E-state index contributed by atoms with van der Waals surface area (Å²) in [5.74, 6) is 0.376. The summed E-state index contributed by atoms with van der Waals surface area (Å²) in [4.78, 5) is 17.9. The van der Waals surface area contributed by atoms with Crippen LogP contribution in [0.2, 0.25) is 0 Å². The fourth-order valence-corrected chi connectivity index (χ4v) is 2.85. The zero-order valence-electron chi connectivity index (χ0n) is 17.9. The van der Waals surface area contributed by atoms with Crippen molar-refractivity contribution in [3.63, 3.8) is 0 Å². The minimum Gasteiger partial charge on any atom is -0.380 e. The van der Waals surface area contributed by atoms with Gasteiger partial charge in [0.05, 0.1) is 6.61 Å². The largest absolute Gasteiger partial charge is 0.380 e. The number of hydrogen-bond acceptors (Lipinski definition) is 3.